The van der Waals surface area contributed by atoms with Crippen molar-refractivity contribution < 1.29 is 9.53 Å². The average molecular weight is 438 g/mol. The molecule has 4 nitrogen and oxygen atoms in total. The number of likely N-dealkylation sites (tertiary alicyclic amines) is 1. The van der Waals surface area contributed by atoms with E-state index < -0.39 is 0 Å². The number of hydrogen-bond donors (Lipinski definition) is 1. The Balaban J connectivity index is 1.78. The van der Waals surface area contributed by atoms with Gasteiger partial charge in [0.2, 0.25) is 0 Å². The maximum Gasteiger partial charge on any atom is 0.252 e. The molecular weight excluding hydrogens is 416 g/mol. The molecule has 1 fully saturated rings. The van der Waals surface area contributed by atoms with Gasteiger partial charge in [0.25, 0.3) is 5.91 Å². The Morgan fingerprint density at radius 1 is 1.27 bits per heavy atom. The van der Waals surface area contributed by atoms with Gasteiger partial charge in [-0.1, -0.05) is 29.8 Å². The van der Waals surface area contributed by atoms with Crippen molar-refractivity contribution in [2.45, 2.75) is 18.9 Å². The Hall–Kier alpha value is -1.56. The van der Waals surface area contributed by atoms with Crippen molar-refractivity contribution >= 4 is 33.4 Å². The maximum atomic E-state index is 12.7. The molecule has 0 saturated carbocycles. The number of ether oxygens (including phenoxy) is 1. The summed E-state index contributed by atoms with van der Waals surface area (Å²) in [6, 6.07) is 13.3. The van der Waals surface area contributed by atoms with Crippen LogP contribution in [0.1, 0.15) is 34.8 Å². The second kappa shape index (κ2) is 8.89. The van der Waals surface area contributed by atoms with Crippen molar-refractivity contribution in [2.24, 2.45) is 0 Å². The first kappa shape index (κ1) is 19.2. The Labute approximate surface area is 167 Å². The van der Waals surface area contributed by atoms with Crippen LogP contribution >= 0.6 is 27.5 Å². The van der Waals surface area contributed by atoms with Crippen LogP contribution in [0.15, 0.2) is 46.9 Å². The molecule has 1 aliphatic rings. The molecule has 1 saturated heterocycles. The van der Waals surface area contributed by atoms with E-state index in [-0.39, 0.29) is 11.9 Å². The molecule has 138 valence electrons. The van der Waals surface area contributed by atoms with Gasteiger partial charge < -0.3 is 10.1 Å². The molecule has 1 heterocycles. The Kier molecular flexibility index (Phi) is 6.57. The minimum absolute atomic E-state index is 0.0690. The number of amides is 1. The quantitative estimate of drug-likeness (QED) is 0.713. The third kappa shape index (κ3) is 4.40. The molecule has 0 aromatic heterocycles. The van der Waals surface area contributed by atoms with Crippen molar-refractivity contribution in [1.82, 2.24) is 10.2 Å². The zero-order valence-corrected chi connectivity index (χ0v) is 17.0. The number of nitrogens with one attached hydrogen (secondary N) is 1. The number of rotatable bonds is 6. The fraction of sp³-hybridized carbons (Fsp3) is 0.350. The van der Waals surface area contributed by atoms with Gasteiger partial charge in [0, 0.05) is 16.0 Å². The van der Waals surface area contributed by atoms with Gasteiger partial charge in [-0.15, -0.1) is 0 Å². The second-order valence-corrected chi connectivity index (χ2v) is 7.60. The topological polar surface area (TPSA) is 41.6 Å². The molecule has 0 aliphatic carbocycles. The highest BCUT2D eigenvalue weighted by Crippen LogP contribution is 2.30. The van der Waals surface area contributed by atoms with Crippen LogP contribution in [0.25, 0.3) is 0 Å². The predicted molar refractivity (Wildman–Crippen MR) is 108 cm³/mol. The molecule has 1 atom stereocenters. The van der Waals surface area contributed by atoms with E-state index in [0.717, 1.165) is 28.1 Å². The summed E-state index contributed by atoms with van der Waals surface area (Å²) in [5, 5.41) is 3.81. The Morgan fingerprint density at radius 2 is 2.00 bits per heavy atom. The van der Waals surface area contributed by atoms with Crippen molar-refractivity contribution in [2.75, 3.05) is 26.7 Å². The van der Waals surface area contributed by atoms with Crippen LogP contribution in [0, 0.1) is 0 Å². The summed E-state index contributed by atoms with van der Waals surface area (Å²) in [6.07, 6.45) is 2.35. The summed E-state index contributed by atoms with van der Waals surface area (Å²) < 4.78 is 5.97. The fourth-order valence-corrected chi connectivity index (χ4v) is 4.01. The Morgan fingerprint density at radius 3 is 2.69 bits per heavy atom. The molecule has 3 rings (SSSR count). The van der Waals surface area contributed by atoms with Gasteiger partial charge in [-0.05, 0) is 71.7 Å². The molecule has 1 N–H and O–H groups in total. The first-order valence-electron chi connectivity index (χ1n) is 8.70. The van der Waals surface area contributed by atoms with Gasteiger partial charge in [0.1, 0.15) is 5.75 Å². The summed E-state index contributed by atoms with van der Waals surface area (Å²) >= 11 is 9.87. The van der Waals surface area contributed by atoms with Gasteiger partial charge >= 0.3 is 0 Å². The second-order valence-electron chi connectivity index (χ2n) is 6.34. The van der Waals surface area contributed by atoms with E-state index in [2.05, 4.69) is 26.1 Å². The number of carbonyl (C=O) groups is 1. The highest BCUT2D eigenvalue weighted by Gasteiger charge is 2.26. The van der Waals surface area contributed by atoms with Crippen LogP contribution in [-0.4, -0.2) is 37.6 Å². The van der Waals surface area contributed by atoms with Crippen molar-refractivity contribution in [3.8, 4) is 5.75 Å². The van der Waals surface area contributed by atoms with Gasteiger partial charge in [-0.3, -0.25) is 9.69 Å². The number of methoxy groups -OCH3 is 1. The van der Waals surface area contributed by atoms with Crippen LogP contribution in [0.4, 0.5) is 0 Å². The molecular formula is C20H22BrClN2O2. The van der Waals surface area contributed by atoms with E-state index in [0.29, 0.717) is 17.9 Å². The van der Waals surface area contributed by atoms with E-state index in [9.17, 15) is 4.79 Å². The number of carbonyl (C=O) groups excluding carboxylic acids is 1. The van der Waals surface area contributed by atoms with Crippen LogP contribution < -0.4 is 10.1 Å². The van der Waals surface area contributed by atoms with Gasteiger partial charge in [-0.2, -0.15) is 0 Å². The average Bonchev–Trinajstić information content (AvgIpc) is 3.18. The normalized spacial score (nSPS) is 15.7. The standard InChI is InChI=1S/C20H22BrClN2O2/c1-26-14-8-9-17(21)16(12-14)20(25)23-13-19(24-10-4-5-11-24)15-6-2-3-7-18(15)22/h2-3,6-9,12,19H,4-5,10-11,13H2,1H3,(H,23,25). The van der Waals surface area contributed by atoms with Crippen molar-refractivity contribution in [1.29, 1.82) is 0 Å². The molecule has 0 spiro atoms. The minimum Gasteiger partial charge on any atom is -0.497 e. The zero-order chi connectivity index (χ0) is 18.5. The number of halogens is 2. The van der Waals surface area contributed by atoms with Crippen molar-refractivity contribution in [3.63, 3.8) is 0 Å². The number of benzene rings is 2. The van der Waals surface area contributed by atoms with Crippen LogP contribution in [0.5, 0.6) is 5.75 Å². The van der Waals surface area contributed by atoms with Crippen molar-refractivity contribution in [3.05, 3.63) is 63.1 Å². The summed E-state index contributed by atoms with van der Waals surface area (Å²) in [7, 11) is 1.59. The summed E-state index contributed by atoms with van der Waals surface area (Å²) in [6.45, 7) is 2.55. The number of nitrogens with zero attached hydrogens (tertiary/aromatic N) is 1. The lowest BCUT2D eigenvalue weighted by Crippen LogP contribution is -2.37. The number of hydrogen-bond acceptors (Lipinski definition) is 3. The van der Waals surface area contributed by atoms with E-state index >= 15 is 0 Å². The minimum atomic E-state index is -0.132. The molecule has 6 heteroatoms. The zero-order valence-electron chi connectivity index (χ0n) is 14.7. The van der Waals surface area contributed by atoms with E-state index in [1.807, 2.05) is 36.4 Å². The monoisotopic (exact) mass is 436 g/mol. The molecule has 1 aliphatic heterocycles. The predicted octanol–water partition coefficient (Wildman–Crippen LogP) is 4.68. The van der Waals surface area contributed by atoms with Crippen LogP contribution in [0.2, 0.25) is 5.02 Å². The molecule has 26 heavy (non-hydrogen) atoms. The highest BCUT2D eigenvalue weighted by molar-refractivity contribution is 9.10. The molecule has 2 aromatic rings. The van der Waals surface area contributed by atoms with Gasteiger partial charge in [-0.25, -0.2) is 0 Å². The third-order valence-corrected chi connectivity index (χ3v) is 5.76. The first-order valence-corrected chi connectivity index (χ1v) is 9.87. The van der Waals surface area contributed by atoms with Gasteiger partial charge in [0.15, 0.2) is 0 Å². The summed E-state index contributed by atoms with van der Waals surface area (Å²) in [4.78, 5) is 15.1. The molecule has 1 amide bonds. The maximum absolute atomic E-state index is 12.7. The lowest BCUT2D eigenvalue weighted by molar-refractivity contribution is 0.0937. The molecule has 0 bridgehead atoms. The lowest BCUT2D eigenvalue weighted by Gasteiger charge is -2.29. The molecule has 0 radical (unpaired) electrons. The van der Waals surface area contributed by atoms with Crippen LogP contribution in [-0.2, 0) is 0 Å². The van der Waals surface area contributed by atoms with Crippen LogP contribution in [0.3, 0.4) is 0 Å². The largest absolute Gasteiger partial charge is 0.497 e. The van der Waals surface area contributed by atoms with E-state index in [1.165, 1.54) is 12.8 Å². The fourth-order valence-electron chi connectivity index (χ4n) is 3.32. The summed E-state index contributed by atoms with van der Waals surface area (Å²) in [5.74, 6) is 0.521. The SMILES string of the molecule is COc1ccc(Br)c(C(=O)NCC(c2ccccc2Cl)N2CCCC2)c1. The Bertz CT molecular complexity index is 778. The molecule has 2 aromatic carbocycles. The van der Waals surface area contributed by atoms with Gasteiger partial charge in [0.05, 0.1) is 18.7 Å². The van der Waals surface area contributed by atoms with E-state index in [4.69, 9.17) is 16.3 Å². The highest BCUT2D eigenvalue weighted by atomic mass is 79.9. The molecule has 1 unspecified atom stereocenters. The van der Waals surface area contributed by atoms with E-state index in [1.54, 1.807) is 13.2 Å². The first-order chi connectivity index (χ1) is 12.6. The smallest absolute Gasteiger partial charge is 0.252 e. The lowest BCUT2D eigenvalue weighted by atomic mass is 10.0. The summed E-state index contributed by atoms with van der Waals surface area (Å²) in [5.41, 5.74) is 1.62. The third-order valence-electron chi connectivity index (χ3n) is 4.72.